The van der Waals surface area contributed by atoms with Crippen LogP contribution in [-0.4, -0.2) is 60.4 Å². The summed E-state index contributed by atoms with van der Waals surface area (Å²) >= 11 is 0. The number of rotatable bonds is 5. The SMILES string of the molecule is Cc1ccc(C(C)(C)C)cc1Cc1nc(N2CCN(c3ccc(S(C)(=O)=O)cc3)CC2)nc2ncn(C)c12. The molecule has 0 spiro atoms. The normalized spacial score (nSPS) is 14.9. The Hall–Kier alpha value is -3.46. The van der Waals surface area contributed by atoms with Crippen molar-refractivity contribution in [3.63, 3.8) is 0 Å². The molecule has 0 radical (unpaired) electrons. The highest BCUT2D eigenvalue weighted by atomic mass is 32.2. The minimum absolute atomic E-state index is 0.0753. The number of hydrogen-bond donors (Lipinski definition) is 0. The number of fused-ring (bicyclic) bond motifs is 1. The summed E-state index contributed by atoms with van der Waals surface area (Å²) in [4.78, 5) is 19.3. The van der Waals surface area contributed by atoms with Crippen LogP contribution >= 0.6 is 0 Å². The Balaban J connectivity index is 1.40. The minimum atomic E-state index is -3.20. The van der Waals surface area contributed by atoms with Crippen molar-refractivity contribution in [1.29, 1.82) is 0 Å². The molecule has 1 fully saturated rings. The summed E-state index contributed by atoms with van der Waals surface area (Å²) < 4.78 is 25.6. The average molecular weight is 533 g/mol. The van der Waals surface area contributed by atoms with Gasteiger partial charge in [-0.15, -0.1) is 0 Å². The monoisotopic (exact) mass is 532 g/mol. The Bertz CT molecular complexity index is 1580. The Labute approximate surface area is 225 Å². The number of aromatic nitrogens is 4. The molecule has 0 unspecified atom stereocenters. The molecule has 200 valence electrons. The number of anilines is 2. The first-order valence-electron chi connectivity index (χ1n) is 13.0. The predicted molar refractivity (Wildman–Crippen MR) is 153 cm³/mol. The molecule has 1 aliphatic rings. The van der Waals surface area contributed by atoms with Crippen molar-refractivity contribution in [2.45, 2.75) is 44.4 Å². The molecule has 9 heteroatoms. The lowest BCUT2D eigenvalue weighted by atomic mass is 9.84. The Morgan fingerprint density at radius 2 is 1.58 bits per heavy atom. The third kappa shape index (κ3) is 5.25. The number of hydrogen-bond acceptors (Lipinski definition) is 7. The van der Waals surface area contributed by atoms with Gasteiger partial charge < -0.3 is 14.4 Å². The van der Waals surface area contributed by atoms with Crippen LogP contribution in [0.2, 0.25) is 0 Å². The molecule has 38 heavy (non-hydrogen) atoms. The molecule has 0 bridgehead atoms. The zero-order chi connectivity index (χ0) is 27.2. The van der Waals surface area contributed by atoms with Gasteiger partial charge in [0.1, 0.15) is 5.52 Å². The van der Waals surface area contributed by atoms with Gasteiger partial charge in [0.15, 0.2) is 15.5 Å². The van der Waals surface area contributed by atoms with E-state index < -0.39 is 9.84 Å². The molecule has 0 amide bonds. The van der Waals surface area contributed by atoms with Crippen LogP contribution in [0, 0.1) is 6.92 Å². The summed E-state index contributed by atoms with van der Waals surface area (Å²) in [6, 6.07) is 13.9. The zero-order valence-electron chi connectivity index (χ0n) is 23.1. The molecular formula is C29H36N6O2S. The van der Waals surface area contributed by atoms with Gasteiger partial charge in [-0.3, -0.25) is 0 Å². The van der Waals surface area contributed by atoms with Crippen molar-refractivity contribution in [3.05, 3.63) is 71.2 Å². The number of nitrogens with zero attached hydrogens (tertiary/aromatic N) is 6. The molecule has 0 N–H and O–H groups in total. The highest BCUT2D eigenvalue weighted by Gasteiger charge is 2.23. The van der Waals surface area contributed by atoms with Crippen LogP contribution in [0.5, 0.6) is 0 Å². The molecule has 1 aliphatic heterocycles. The lowest BCUT2D eigenvalue weighted by Crippen LogP contribution is -2.47. The molecule has 1 saturated heterocycles. The van der Waals surface area contributed by atoms with Crippen molar-refractivity contribution in [2.24, 2.45) is 7.05 Å². The second-order valence-electron chi connectivity index (χ2n) is 11.3. The number of imidazole rings is 1. The molecule has 3 heterocycles. The second-order valence-corrected chi connectivity index (χ2v) is 13.3. The van der Waals surface area contributed by atoms with E-state index in [1.165, 1.54) is 22.9 Å². The van der Waals surface area contributed by atoms with Crippen LogP contribution in [0.4, 0.5) is 11.6 Å². The minimum Gasteiger partial charge on any atom is -0.368 e. The Morgan fingerprint density at radius 3 is 2.21 bits per heavy atom. The summed E-state index contributed by atoms with van der Waals surface area (Å²) in [5.74, 6) is 0.711. The Morgan fingerprint density at radius 1 is 0.921 bits per heavy atom. The van der Waals surface area contributed by atoms with Crippen molar-refractivity contribution < 1.29 is 8.42 Å². The van der Waals surface area contributed by atoms with Crippen molar-refractivity contribution in [1.82, 2.24) is 19.5 Å². The van der Waals surface area contributed by atoms with E-state index in [1.807, 2.05) is 30.1 Å². The molecule has 0 aliphatic carbocycles. The second kappa shape index (κ2) is 9.69. The maximum absolute atomic E-state index is 11.8. The van der Waals surface area contributed by atoms with E-state index in [0.29, 0.717) is 17.3 Å². The van der Waals surface area contributed by atoms with Crippen LogP contribution in [-0.2, 0) is 28.7 Å². The first kappa shape index (κ1) is 26.2. The van der Waals surface area contributed by atoms with Crippen LogP contribution in [0.15, 0.2) is 53.7 Å². The molecular weight excluding hydrogens is 496 g/mol. The number of benzene rings is 2. The number of aryl methyl sites for hydroxylation is 2. The van der Waals surface area contributed by atoms with Crippen LogP contribution in [0.25, 0.3) is 11.2 Å². The average Bonchev–Trinajstić information content (AvgIpc) is 3.25. The maximum atomic E-state index is 11.8. The van der Waals surface area contributed by atoms with Gasteiger partial charge >= 0.3 is 0 Å². The highest BCUT2D eigenvalue weighted by molar-refractivity contribution is 7.90. The highest BCUT2D eigenvalue weighted by Crippen LogP contribution is 2.28. The summed E-state index contributed by atoms with van der Waals surface area (Å²) in [5.41, 5.74) is 7.61. The fourth-order valence-electron chi connectivity index (χ4n) is 4.97. The predicted octanol–water partition coefficient (Wildman–Crippen LogP) is 4.29. The van der Waals surface area contributed by atoms with E-state index in [2.05, 4.69) is 60.7 Å². The van der Waals surface area contributed by atoms with Gasteiger partial charge in [-0.1, -0.05) is 39.0 Å². The van der Waals surface area contributed by atoms with Crippen molar-refractivity contribution in [3.8, 4) is 0 Å². The lowest BCUT2D eigenvalue weighted by Gasteiger charge is -2.36. The van der Waals surface area contributed by atoms with Crippen LogP contribution < -0.4 is 9.80 Å². The third-order valence-corrected chi connectivity index (χ3v) is 8.53. The van der Waals surface area contributed by atoms with Crippen LogP contribution in [0.3, 0.4) is 0 Å². The molecule has 0 atom stereocenters. The molecule has 4 aromatic rings. The molecule has 8 nitrogen and oxygen atoms in total. The first-order chi connectivity index (χ1) is 17.9. The summed E-state index contributed by atoms with van der Waals surface area (Å²) in [6.45, 7) is 12.0. The Kier molecular flexibility index (Phi) is 6.67. The van der Waals surface area contributed by atoms with E-state index in [9.17, 15) is 8.42 Å². The van der Waals surface area contributed by atoms with Crippen molar-refractivity contribution >= 4 is 32.6 Å². The van der Waals surface area contributed by atoms with E-state index in [-0.39, 0.29) is 5.41 Å². The molecule has 0 saturated carbocycles. The quantitative estimate of drug-likeness (QED) is 0.379. The summed E-state index contributed by atoms with van der Waals surface area (Å²) in [6.07, 6.45) is 3.76. The van der Waals surface area contributed by atoms with Gasteiger partial charge in [0.25, 0.3) is 0 Å². The van der Waals surface area contributed by atoms with Gasteiger partial charge in [0.2, 0.25) is 5.95 Å². The zero-order valence-corrected chi connectivity index (χ0v) is 23.9. The van der Waals surface area contributed by atoms with E-state index in [1.54, 1.807) is 12.1 Å². The topological polar surface area (TPSA) is 84.2 Å². The maximum Gasteiger partial charge on any atom is 0.227 e. The first-order valence-corrected chi connectivity index (χ1v) is 14.9. The van der Waals surface area contributed by atoms with Gasteiger partial charge in [-0.05, 0) is 53.3 Å². The molecule has 2 aromatic carbocycles. The lowest BCUT2D eigenvalue weighted by molar-refractivity contribution is 0.589. The summed E-state index contributed by atoms with van der Waals surface area (Å²) in [5, 5.41) is 0. The van der Waals surface area contributed by atoms with E-state index >= 15 is 0 Å². The summed E-state index contributed by atoms with van der Waals surface area (Å²) in [7, 11) is -1.21. The van der Waals surface area contributed by atoms with Gasteiger partial charge in [-0.2, -0.15) is 4.98 Å². The number of sulfone groups is 1. The number of piperazine rings is 1. The standard InChI is InChI=1S/C29H36N6O2S/c1-20-7-8-22(29(2,3)4)17-21(20)18-25-26-27(30-19-33(26)5)32-28(31-25)35-15-13-34(14-16-35)23-9-11-24(12-10-23)38(6,36)37/h7-12,17,19H,13-16,18H2,1-6H3. The van der Waals surface area contributed by atoms with E-state index in [0.717, 1.165) is 48.7 Å². The smallest absolute Gasteiger partial charge is 0.227 e. The molecule has 2 aromatic heterocycles. The van der Waals surface area contributed by atoms with Gasteiger partial charge in [-0.25, -0.2) is 18.4 Å². The third-order valence-electron chi connectivity index (χ3n) is 7.40. The van der Waals surface area contributed by atoms with Gasteiger partial charge in [0, 0.05) is 51.6 Å². The van der Waals surface area contributed by atoms with E-state index in [4.69, 9.17) is 9.97 Å². The van der Waals surface area contributed by atoms with Gasteiger partial charge in [0.05, 0.1) is 16.9 Å². The fraction of sp³-hybridized carbons (Fsp3) is 0.414. The van der Waals surface area contributed by atoms with Crippen LogP contribution in [0.1, 0.15) is 43.2 Å². The fourth-order valence-corrected chi connectivity index (χ4v) is 5.60. The van der Waals surface area contributed by atoms with Crippen molar-refractivity contribution in [2.75, 3.05) is 42.2 Å². The molecule has 5 rings (SSSR count). The largest absolute Gasteiger partial charge is 0.368 e.